The molecule has 0 aliphatic heterocycles. The molecule has 0 amide bonds. The van der Waals surface area contributed by atoms with E-state index < -0.39 is 8.32 Å². The maximum Gasteiger partial charge on any atom is 0.261 e. The number of benzene rings is 2. The van der Waals surface area contributed by atoms with Gasteiger partial charge in [0.1, 0.15) is 0 Å². The molecular formula is C40H68O13Si. The topological polar surface area (TPSA) is 131 Å². The number of hydrogen-bond donors (Lipinski definition) is 1. The summed E-state index contributed by atoms with van der Waals surface area (Å²) >= 11 is 0. The largest absolute Gasteiger partial charge is 0.405 e. The van der Waals surface area contributed by atoms with Crippen LogP contribution in [-0.2, 0) is 56.5 Å². The Hall–Kier alpha value is -1.86. The van der Waals surface area contributed by atoms with Crippen LogP contribution < -0.4 is 10.4 Å². The van der Waals surface area contributed by atoms with E-state index in [4.69, 9.17) is 61.6 Å². The number of ether oxygens (including phenoxy) is 11. The third-order valence-electron chi connectivity index (χ3n) is 7.92. The minimum absolute atomic E-state index is 0.0236. The Bertz CT molecular complexity index is 1040. The maximum atomic E-state index is 8.60. The fraction of sp³-hybridized carbons (Fsp3) is 0.700. The van der Waals surface area contributed by atoms with Crippen molar-refractivity contribution in [2.75, 3.05) is 159 Å². The Morgan fingerprint density at radius 2 is 0.574 bits per heavy atom. The lowest BCUT2D eigenvalue weighted by Gasteiger charge is -2.43. The van der Waals surface area contributed by atoms with Crippen molar-refractivity contribution in [3.8, 4) is 0 Å². The molecule has 0 aliphatic carbocycles. The SMILES string of the molecule is CC(C)(C)[Si](OCCOCCOCCOCCOCCOCCOCCOCCOCCOCCOCCOCCO)(c1ccccc1)c1ccccc1. The smallest absolute Gasteiger partial charge is 0.261 e. The van der Waals surface area contributed by atoms with Crippen LogP contribution in [0.1, 0.15) is 20.8 Å². The first-order valence-corrected chi connectivity index (χ1v) is 21.1. The van der Waals surface area contributed by atoms with Crippen LogP contribution in [0.4, 0.5) is 0 Å². The summed E-state index contributed by atoms with van der Waals surface area (Å²) in [7, 11) is -2.54. The first-order valence-electron chi connectivity index (χ1n) is 19.2. The maximum absolute atomic E-state index is 8.60. The van der Waals surface area contributed by atoms with Gasteiger partial charge in [-0.3, -0.25) is 0 Å². The van der Waals surface area contributed by atoms with E-state index in [1.165, 1.54) is 10.4 Å². The first kappa shape index (κ1) is 48.3. The normalized spacial score (nSPS) is 12.1. The number of aliphatic hydroxyl groups is 1. The van der Waals surface area contributed by atoms with Gasteiger partial charge in [0, 0.05) is 0 Å². The average Bonchev–Trinajstić information content (AvgIpc) is 3.18. The highest BCUT2D eigenvalue weighted by Crippen LogP contribution is 2.36. The van der Waals surface area contributed by atoms with Gasteiger partial charge < -0.3 is 61.6 Å². The summed E-state index contributed by atoms with van der Waals surface area (Å²) in [4.78, 5) is 0. The molecule has 0 aliphatic rings. The summed E-state index contributed by atoms with van der Waals surface area (Å²) in [6, 6.07) is 21.3. The monoisotopic (exact) mass is 784 g/mol. The Labute approximate surface area is 324 Å². The van der Waals surface area contributed by atoms with Gasteiger partial charge in [-0.1, -0.05) is 81.4 Å². The molecule has 0 spiro atoms. The second-order valence-corrected chi connectivity index (χ2v) is 17.3. The molecule has 2 aromatic carbocycles. The van der Waals surface area contributed by atoms with Crippen LogP contribution in [0.5, 0.6) is 0 Å². The zero-order chi connectivity index (χ0) is 38.7. The Kier molecular flexibility index (Phi) is 29.8. The van der Waals surface area contributed by atoms with E-state index in [2.05, 4.69) is 81.4 Å². The quantitative estimate of drug-likeness (QED) is 0.0793. The van der Waals surface area contributed by atoms with Gasteiger partial charge in [-0.15, -0.1) is 0 Å². The fourth-order valence-electron chi connectivity index (χ4n) is 5.38. The van der Waals surface area contributed by atoms with E-state index in [1.807, 2.05) is 0 Å². The lowest BCUT2D eigenvalue weighted by Crippen LogP contribution is -2.66. The van der Waals surface area contributed by atoms with Crippen molar-refractivity contribution < 1.29 is 61.6 Å². The number of rotatable bonds is 38. The molecule has 13 nitrogen and oxygen atoms in total. The van der Waals surface area contributed by atoms with E-state index >= 15 is 0 Å². The van der Waals surface area contributed by atoms with Crippen molar-refractivity contribution in [2.24, 2.45) is 0 Å². The van der Waals surface area contributed by atoms with Gasteiger partial charge in [-0.25, -0.2) is 0 Å². The Morgan fingerprint density at radius 1 is 0.352 bits per heavy atom. The summed E-state index contributed by atoms with van der Waals surface area (Å²) in [6.45, 7) is 18.2. The molecule has 0 saturated heterocycles. The second kappa shape index (κ2) is 33.3. The van der Waals surface area contributed by atoms with E-state index in [-0.39, 0.29) is 11.6 Å². The summed E-state index contributed by atoms with van der Waals surface area (Å²) < 4.78 is 67.3. The Balaban J connectivity index is 1.30. The lowest BCUT2D eigenvalue weighted by molar-refractivity contribution is -0.0280. The minimum atomic E-state index is -2.54. The highest BCUT2D eigenvalue weighted by molar-refractivity contribution is 6.99. The van der Waals surface area contributed by atoms with Crippen LogP contribution in [0, 0.1) is 0 Å². The van der Waals surface area contributed by atoms with Crippen LogP contribution >= 0.6 is 0 Å². The van der Waals surface area contributed by atoms with E-state index in [0.29, 0.717) is 152 Å². The third kappa shape index (κ3) is 22.6. The summed E-state index contributed by atoms with van der Waals surface area (Å²) in [5, 5.41) is 11.1. The fourth-order valence-corrected chi connectivity index (χ4v) is 9.93. The van der Waals surface area contributed by atoms with Crippen molar-refractivity contribution >= 4 is 18.7 Å². The van der Waals surface area contributed by atoms with Crippen LogP contribution in [0.3, 0.4) is 0 Å². The molecule has 0 aromatic heterocycles. The first-order chi connectivity index (χ1) is 26.5. The number of aliphatic hydroxyl groups excluding tert-OH is 1. The zero-order valence-corrected chi connectivity index (χ0v) is 34.1. The van der Waals surface area contributed by atoms with Crippen LogP contribution in [-0.4, -0.2) is 172 Å². The van der Waals surface area contributed by atoms with Crippen molar-refractivity contribution in [1.29, 1.82) is 0 Å². The lowest BCUT2D eigenvalue weighted by atomic mass is 10.2. The van der Waals surface area contributed by atoms with Crippen molar-refractivity contribution in [3.05, 3.63) is 60.7 Å². The number of hydrogen-bond acceptors (Lipinski definition) is 13. The summed E-state index contributed by atoms with van der Waals surface area (Å²) in [6.07, 6.45) is 0. The van der Waals surface area contributed by atoms with Gasteiger partial charge in [-0.2, -0.15) is 0 Å². The van der Waals surface area contributed by atoms with E-state index in [0.717, 1.165) is 0 Å². The predicted molar refractivity (Wildman–Crippen MR) is 210 cm³/mol. The van der Waals surface area contributed by atoms with Gasteiger partial charge >= 0.3 is 0 Å². The summed E-state index contributed by atoms with van der Waals surface area (Å²) in [5.41, 5.74) is 0. The average molecular weight is 785 g/mol. The molecule has 0 heterocycles. The van der Waals surface area contributed by atoms with Crippen LogP contribution in [0.2, 0.25) is 5.04 Å². The molecule has 2 rings (SSSR count). The van der Waals surface area contributed by atoms with Crippen LogP contribution in [0.25, 0.3) is 0 Å². The van der Waals surface area contributed by atoms with Gasteiger partial charge in [-0.05, 0) is 15.4 Å². The molecule has 0 radical (unpaired) electrons. The Morgan fingerprint density at radius 3 is 0.796 bits per heavy atom. The molecule has 2 aromatic rings. The highest BCUT2D eigenvalue weighted by Gasteiger charge is 2.50. The van der Waals surface area contributed by atoms with Gasteiger partial charge in [0.05, 0.1) is 159 Å². The highest BCUT2D eigenvalue weighted by atomic mass is 28.4. The van der Waals surface area contributed by atoms with Crippen LogP contribution in [0.15, 0.2) is 60.7 Å². The molecule has 54 heavy (non-hydrogen) atoms. The zero-order valence-electron chi connectivity index (χ0n) is 33.1. The minimum Gasteiger partial charge on any atom is -0.405 e. The molecular weight excluding hydrogens is 717 g/mol. The standard InChI is InChI=1S/C40H68O13Si/c1-40(2,3)54(38-10-6-4-7-11-38,39-12-8-5-9-13-39)53-37-36-52-35-34-51-33-32-50-31-30-49-29-28-48-27-26-47-25-24-46-23-22-45-21-20-44-19-18-43-17-16-42-15-14-41/h4-13,41H,14-37H2,1-3H3. The third-order valence-corrected chi connectivity index (χ3v) is 13.0. The van der Waals surface area contributed by atoms with Crippen molar-refractivity contribution in [1.82, 2.24) is 0 Å². The van der Waals surface area contributed by atoms with Gasteiger partial charge in [0.25, 0.3) is 8.32 Å². The molecule has 14 heteroatoms. The molecule has 0 unspecified atom stereocenters. The van der Waals surface area contributed by atoms with Crippen molar-refractivity contribution in [2.45, 2.75) is 25.8 Å². The molecule has 0 atom stereocenters. The molecule has 310 valence electrons. The molecule has 0 bridgehead atoms. The molecule has 0 fully saturated rings. The van der Waals surface area contributed by atoms with E-state index in [9.17, 15) is 0 Å². The summed E-state index contributed by atoms with van der Waals surface area (Å²) in [5.74, 6) is 0. The van der Waals surface area contributed by atoms with Gasteiger partial charge in [0.2, 0.25) is 0 Å². The molecule has 0 saturated carbocycles. The predicted octanol–water partition coefficient (Wildman–Crippen LogP) is 2.74. The van der Waals surface area contributed by atoms with Gasteiger partial charge in [0.15, 0.2) is 0 Å². The second-order valence-electron chi connectivity index (χ2n) is 13.0. The van der Waals surface area contributed by atoms with Crippen molar-refractivity contribution in [3.63, 3.8) is 0 Å². The molecule has 1 N–H and O–H groups in total. The van der Waals surface area contributed by atoms with E-state index in [1.54, 1.807) is 0 Å².